The summed E-state index contributed by atoms with van der Waals surface area (Å²) in [5, 5.41) is 6.26. The van der Waals surface area contributed by atoms with Crippen LogP contribution in [0.15, 0.2) is 28.8 Å². The first-order valence-electron chi connectivity index (χ1n) is 12.9. The van der Waals surface area contributed by atoms with Gasteiger partial charge >= 0.3 is 12.1 Å². The highest BCUT2D eigenvalue weighted by Crippen LogP contribution is 2.60. The number of rotatable bonds is 5. The number of hydrogen-bond donors (Lipinski definition) is 1. The molecule has 7 rings (SSSR count). The molecule has 8 nitrogen and oxygen atoms in total. The van der Waals surface area contributed by atoms with Gasteiger partial charge in [-0.15, -0.1) is 0 Å². The quantitative estimate of drug-likeness (QED) is 0.644. The minimum absolute atomic E-state index is 0.211. The molecule has 1 aliphatic heterocycles. The standard InChI is InChI=1S/C26H29F3N4O4/c27-26(28,29)23-31-21(32-37-23)18-1-3-19(4-2-18)22(34)30-13-20-14-36-6-5-33(20)24(35)25-10-15-7-16(11-25)9-17(8-15)12-25/h1-4,15-17,20H,5-14H2,(H,30,34)/t15?,16?,17?,20-,25?/m1/s1. The SMILES string of the molecule is O=C(NC[C@@H]1COCCN1C(=O)C12CC3CC(CC(C3)C1)C2)c1ccc(-c2noc(C(F)(F)F)n2)cc1. The van der Waals surface area contributed by atoms with E-state index >= 15 is 0 Å². The van der Waals surface area contributed by atoms with E-state index in [1.165, 1.54) is 43.5 Å². The Morgan fingerprint density at radius 3 is 2.30 bits per heavy atom. The third kappa shape index (κ3) is 4.62. The van der Waals surface area contributed by atoms with Gasteiger partial charge in [-0.05, 0) is 68.4 Å². The number of benzene rings is 1. The third-order valence-corrected chi connectivity index (χ3v) is 8.55. The maximum absolute atomic E-state index is 13.9. The lowest BCUT2D eigenvalue weighted by atomic mass is 9.49. The predicted octanol–water partition coefficient (Wildman–Crippen LogP) is 3.93. The van der Waals surface area contributed by atoms with Gasteiger partial charge in [-0.25, -0.2) is 0 Å². The van der Waals surface area contributed by atoms with Crippen molar-refractivity contribution in [3.05, 3.63) is 35.7 Å². The molecule has 4 bridgehead atoms. The second-order valence-corrected chi connectivity index (χ2v) is 11.1. The Morgan fingerprint density at radius 1 is 1.05 bits per heavy atom. The van der Waals surface area contributed by atoms with E-state index in [-0.39, 0.29) is 35.6 Å². The summed E-state index contributed by atoms with van der Waals surface area (Å²) in [5.74, 6) is 0.268. The van der Waals surface area contributed by atoms with Gasteiger partial charge in [0.25, 0.3) is 5.91 Å². The summed E-state index contributed by atoms with van der Waals surface area (Å²) in [5.41, 5.74) is 0.383. The van der Waals surface area contributed by atoms with Crippen LogP contribution in [0.5, 0.6) is 0 Å². The molecule has 2 aromatic rings. The lowest BCUT2D eigenvalue weighted by molar-refractivity contribution is -0.165. The lowest BCUT2D eigenvalue weighted by Crippen LogP contribution is -2.60. The van der Waals surface area contributed by atoms with Crippen LogP contribution in [-0.4, -0.2) is 59.2 Å². The second kappa shape index (κ2) is 9.11. The van der Waals surface area contributed by atoms with Crippen molar-refractivity contribution in [2.75, 3.05) is 26.3 Å². The highest BCUT2D eigenvalue weighted by atomic mass is 19.4. The second-order valence-electron chi connectivity index (χ2n) is 11.1. The van der Waals surface area contributed by atoms with Gasteiger partial charge in [0, 0.05) is 24.2 Å². The third-order valence-electron chi connectivity index (χ3n) is 8.55. The molecule has 11 heteroatoms. The van der Waals surface area contributed by atoms with Crippen LogP contribution < -0.4 is 5.32 Å². The van der Waals surface area contributed by atoms with Gasteiger partial charge in [-0.1, -0.05) is 17.3 Å². The van der Waals surface area contributed by atoms with Gasteiger partial charge in [0.15, 0.2) is 0 Å². The van der Waals surface area contributed by atoms with Crippen molar-refractivity contribution < 1.29 is 32.0 Å². The summed E-state index contributed by atoms with van der Waals surface area (Å²) in [7, 11) is 0. The molecule has 1 saturated heterocycles. The van der Waals surface area contributed by atoms with Crippen molar-refractivity contribution in [3.8, 4) is 11.4 Å². The normalized spacial score (nSPS) is 30.9. The van der Waals surface area contributed by atoms with Crippen LogP contribution in [0.25, 0.3) is 11.4 Å². The number of carbonyl (C=O) groups excluding carboxylic acids is 2. The molecule has 5 aliphatic rings. The zero-order valence-electron chi connectivity index (χ0n) is 20.3. The van der Waals surface area contributed by atoms with Gasteiger partial charge in [-0.2, -0.15) is 18.2 Å². The van der Waals surface area contributed by atoms with Gasteiger partial charge in [0.1, 0.15) is 0 Å². The fourth-order valence-corrected chi connectivity index (χ4v) is 7.31. The zero-order chi connectivity index (χ0) is 25.8. The number of hydrogen-bond acceptors (Lipinski definition) is 6. The van der Waals surface area contributed by atoms with Crippen LogP contribution in [0.1, 0.15) is 54.8 Å². The van der Waals surface area contributed by atoms with E-state index < -0.39 is 12.1 Å². The topological polar surface area (TPSA) is 97.6 Å². The first-order chi connectivity index (χ1) is 17.7. The van der Waals surface area contributed by atoms with Crippen molar-refractivity contribution in [3.63, 3.8) is 0 Å². The molecule has 1 aromatic heterocycles. The minimum Gasteiger partial charge on any atom is -0.377 e. The predicted molar refractivity (Wildman–Crippen MR) is 124 cm³/mol. The Kier molecular flexibility index (Phi) is 6.00. The number of nitrogens with one attached hydrogen (secondary N) is 1. The van der Waals surface area contributed by atoms with E-state index in [9.17, 15) is 22.8 Å². The van der Waals surface area contributed by atoms with Crippen LogP contribution in [0.3, 0.4) is 0 Å². The van der Waals surface area contributed by atoms with Crippen molar-refractivity contribution >= 4 is 11.8 Å². The summed E-state index contributed by atoms with van der Waals surface area (Å²) in [6.07, 6.45) is 2.06. The number of morpholine rings is 1. The zero-order valence-corrected chi connectivity index (χ0v) is 20.3. The Hall–Kier alpha value is -2.95. The molecule has 1 atom stereocenters. The van der Waals surface area contributed by atoms with Crippen molar-refractivity contribution in [2.45, 2.75) is 50.7 Å². The fraction of sp³-hybridized carbons (Fsp3) is 0.615. The molecular formula is C26H29F3N4O4. The molecule has 4 aliphatic carbocycles. The molecule has 0 radical (unpaired) electrons. The summed E-state index contributed by atoms with van der Waals surface area (Å²) < 4.78 is 48.0. The number of aromatic nitrogens is 2. The maximum Gasteiger partial charge on any atom is 0.471 e. The first kappa shape index (κ1) is 24.4. The Balaban J connectivity index is 1.10. The molecule has 37 heavy (non-hydrogen) atoms. The number of carbonyl (C=O) groups is 2. The van der Waals surface area contributed by atoms with E-state index in [4.69, 9.17) is 4.74 Å². The molecule has 0 spiro atoms. The van der Waals surface area contributed by atoms with Crippen molar-refractivity contribution in [1.82, 2.24) is 20.4 Å². The van der Waals surface area contributed by atoms with Crippen molar-refractivity contribution in [1.29, 1.82) is 0 Å². The molecular weight excluding hydrogens is 489 g/mol. The molecule has 2 amide bonds. The van der Waals surface area contributed by atoms with Crippen LogP contribution in [-0.2, 0) is 15.7 Å². The molecule has 1 aromatic carbocycles. The molecule has 4 saturated carbocycles. The van der Waals surface area contributed by atoms with E-state index in [1.807, 2.05) is 4.90 Å². The molecule has 198 valence electrons. The van der Waals surface area contributed by atoms with Gasteiger partial charge in [0.05, 0.1) is 24.7 Å². The van der Waals surface area contributed by atoms with Crippen LogP contribution in [0, 0.1) is 23.2 Å². The Labute approximate surface area is 211 Å². The molecule has 0 unspecified atom stereocenters. The number of nitrogens with zero attached hydrogens (tertiary/aromatic N) is 3. The van der Waals surface area contributed by atoms with E-state index in [1.54, 1.807) is 0 Å². The van der Waals surface area contributed by atoms with Crippen LogP contribution in [0.4, 0.5) is 13.2 Å². The molecule has 2 heterocycles. The maximum atomic E-state index is 13.9. The highest BCUT2D eigenvalue weighted by Gasteiger charge is 2.56. The Bertz CT molecular complexity index is 1140. The summed E-state index contributed by atoms with van der Waals surface area (Å²) in [6.45, 7) is 1.66. The molecule has 1 N–H and O–H groups in total. The Morgan fingerprint density at radius 2 is 1.70 bits per heavy atom. The average Bonchev–Trinajstić information content (AvgIpc) is 3.38. The van der Waals surface area contributed by atoms with E-state index in [2.05, 4.69) is 20.0 Å². The average molecular weight is 519 g/mol. The fourth-order valence-electron chi connectivity index (χ4n) is 7.31. The minimum atomic E-state index is -4.72. The summed E-state index contributed by atoms with van der Waals surface area (Å²) >= 11 is 0. The summed E-state index contributed by atoms with van der Waals surface area (Å²) in [6, 6.07) is 5.67. The smallest absolute Gasteiger partial charge is 0.377 e. The van der Waals surface area contributed by atoms with Crippen molar-refractivity contribution in [2.24, 2.45) is 23.2 Å². The van der Waals surface area contributed by atoms with Gasteiger partial charge in [0.2, 0.25) is 11.7 Å². The van der Waals surface area contributed by atoms with E-state index in [0.717, 1.165) is 19.3 Å². The van der Waals surface area contributed by atoms with Gasteiger partial charge in [-0.3, -0.25) is 9.59 Å². The number of halogens is 3. The largest absolute Gasteiger partial charge is 0.471 e. The number of amides is 2. The monoisotopic (exact) mass is 518 g/mol. The number of ether oxygens (including phenoxy) is 1. The van der Waals surface area contributed by atoms with E-state index in [0.29, 0.717) is 48.6 Å². The lowest BCUT2D eigenvalue weighted by Gasteiger charge is -2.57. The number of alkyl halides is 3. The highest BCUT2D eigenvalue weighted by molar-refractivity contribution is 5.94. The summed E-state index contributed by atoms with van der Waals surface area (Å²) in [4.78, 5) is 32.0. The van der Waals surface area contributed by atoms with Crippen LogP contribution in [0.2, 0.25) is 0 Å². The van der Waals surface area contributed by atoms with Crippen LogP contribution >= 0.6 is 0 Å². The van der Waals surface area contributed by atoms with Gasteiger partial charge < -0.3 is 19.5 Å². The first-order valence-corrected chi connectivity index (χ1v) is 12.9. The molecule has 5 fully saturated rings.